The summed E-state index contributed by atoms with van der Waals surface area (Å²) in [4.78, 5) is 8.89. The molecule has 0 aliphatic heterocycles. The number of hydrogen-bond acceptors (Lipinski definition) is 2. The second-order valence-corrected chi connectivity index (χ2v) is 7.61. The summed E-state index contributed by atoms with van der Waals surface area (Å²) in [7, 11) is 0. The van der Waals surface area contributed by atoms with E-state index in [2.05, 4.69) is 78.4 Å². The van der Waals surface area contributed by atoms with Gasteiger partial charge in [-0.05, 0) is 72.8 Å². The lowest BCUT2D eigenvalue weighted by Gasteiger charge is -2.21. The van der Waals surface area contributed by atoms with Gasteiger partial charge in [-0.1, -0.05) is 56.3 Å². The Kier molecular flexibility index (Phi) is 7.15. The summed E-state index contributed by atoms with van der Waals surface area (Å²) in [6.07, 6.45) is 10.5. The lowest BCUT2D eigenvalue weighted by molar-refractivity contribution is 0.482. The van der Waals surface area contributed by atoms with E-state index in [1.165, 1.54) is 36.1 Å². The fourth-order valence-electron chi connectivity index (χ4n) is 3.76. The van der Waals surface area contributed by atoms with Crippen LogP contribution in [-0.2, 0) is 0 Å². The Bertz CT molecular complexity index is 722. The van der Waals surface area contributed by atoms with Crippen molar-refractivity contribution in [1.82, 2.24) is 9.97 Å². The second-order valence-electron chi connectivity index (χ2n) is 7.61. The Balaban J connectivity index is 1.63. The zero-order chi connectivity index (χ0) is 18.9. The summed E-state index contributed by atoms with van der Waals surface area (Å²) in [6, 6.07) is 21.4. The largest absolute Gasteiger partial charge is 0.264 e. The van der Waals surface area contributed by atoms with Crippen molar-refractivity contribution in [3.63, 3.8) is 0 Å². The smallest absolute Gasteiger partial charge is 0.0431 e. The molecule has 0 amide bonds. The van der Waals surface area contributed by atoms with Crippen molar-refractivity contribution in [3.05, 3.63) is 96.1 Å². The van der Waals surface area contributed by atoms with Gasteiger partial charge in [-0.2, -0.15) is 0 Å². The van der Waals surface area contributed by atoms with Crippen molar-refractivity contribution in [2.45, 2.75) is 57.3 Å². The number of pyridine rings is 2. The van der Waals surface area contributed by atoms with Crippen molar-refractivity contribution >= 4 is 0 Å². The molecule has 3 atom stereocenters. The van der Waals surface area contributed by atoms with E-state index in [1.807, 2.05) is 24.7 Å². The molecule has 2 aromatic heterocycles. The van der Waals surface area contributed by atoms with Gasteiger partial charge in [-0.25, -0.2) is 0 Å². The van der Waals surface area contributed by atoms with E-state index >= 15 is 0 Å². The zero-order valence-electron chi connectivity index (χ0n) is 16.5. The summed E-state index contributed by atoms with van der Waals surface area (Å²) < 4.78 is 0. The van der Waals surface area contributed by atoms with Gasteiger partial charge < -0.3 is 0 Å². The van der Waals surface area contributed by atoms with Crippen LogP contribution in [0.1, 0.15) is 74.1 Å². The van der Waals surface area contributed by atoms with Crippen LogP contribution in [0.25, 0.3) is 0 Å². The third kappa shape index (κ3) is 5.75. The van der Waals surface area contributed by atoms with Crippen LogP contribution >= 0.6 is 0 Å². The van der Waals surface area contributed by atoms with Crippen molar-refractivity contribution in [3.8, 4) is 0 Å². The van der Waals surface area contributed by atoms with Gasteiger partial charge in [0.15, 0.2) is 0 Å². The van der Waals surface area contributed by atoms with Crippen LogP contribution in [0.4, 0.5) is 0 Å². The Morgan fingerprint density at radius 1 is 0.667 bits per heavy atom. The van der Waals surface area contributed by atoms with Gasteiger partial charge in [0, 0.05) is 24.3 Å². The second kappa shape index (κ2) is 10.0. The van der Waals surface area contributed by atoms with Gasteiger partial charge >= 0.3 is 0 Å². The van der Waals surface area contributed by atoms with Gasteiger partial charge in [-0.3, -0.25) is 9.97 Å². The topological polar surface area (TPSA) is 25.8 Å². The molecule has 3 rings (SSSR count). The molecule has 3 unspecified atom stereocenters. The molecule has 0 saturated carbocycles. The van der Waals surface area contributed by atoms with Crippen LogP contribution in [0.2, 0.25) is 0 Å². The highest BCUT2D eigenvalue weighted by molar-refractivity contribution is 5.20. The molecule has 0 saturated heterocycles. The third-order valence-corrected chi connectivity index (χ3v) is 5.61. The normalized spacial score (nSPS) is 14.4. The van der Waals surface area contributed by atoms with Gasteiger partial charge in [-0.15, -0.1) is 0 Å². The molecule has 0 aliphatic carbocycles. The van der Waals surface area contributed by atoms with Crippen molar-refractivity contribution in [2.75, 3.05) is 0 Å². The van der Waals surface area contributed by atoms with Crippen molar-refractivity contribution in [2.24, 2.45) is 0 Å². The van der Waals surface area contributed by atoms with E-state index in [4.69, 9.17) is 0 Å². The molecule has 0 bridgehead atoms. The molecule has 27 heavy (non-hydrogen) atoms. The number of aromatic nitrogens is 2. The third-order valence-electron chi connectivity index (χ3n) is 5.61. The maximum atomic E-state index is 4.53. The van der Waals surface area contributed by atoms with Gasteiger partial charge in [0.05, 0.1) is 0 Å². The summed E-state index contributed by atoms with van der Waals surface area (Å²) in [5, 5.41) is 0. The summed E-state index contributed by atoms with van der Waals surface area (Å²) in [5.41, 5.74) is 4.00. The first-order valence-electron chi connectivity index (χ1n) is 10.1. The molecule has 0 spiro atoms. The molecule has 1 aromatic carbocycles. The Morgan fingerprint density at radius 2 is 1.37 bits per heavy atom. The molecule has 2 heterocycles. The highest BCUT2D eigenvalue weighted by Crippen LogP contribution is 2.33. The molecular weight excluding hydrogens is 328 g/mol. The average molecular weight is 359 g/mol. The first kappa shape index (κ1) is 19.3. The van der Waals surface area contributed by atoms with Crippen LogP contribution in [0.5, 0.6) is 0 Å². The summed E-state index contributed by atoms with van der Waals surface area (Å²) in [6.45, 7) is 4.63. The molecular formula is C25H30N2. The summed E-state index contributed by atoms with van der Waals surface area (Å²) >= 11 is 0. The quantitative estimate of drug-likeness (QED) is 0.424. The lowest BCUT2D eigenvalue weighted by atomic mass is 9.84. The molecule has 0 fully saturated rings. The van der Waals surface area contributed by atoms with E-state index in [0.717, 1.165) is 6.42 Å². The molecule has 3 aromatic rings. The first-order valence-corrected chi connectivity index (χ1v) is 10.1. The molecule has 2 nitrogen and oxygen atoms in total. The fourth-order valence-corrected chi connectivity index (χ4v) is 3.76. The predicted octanol–water partition coefficient (Wildman–Crippen LogP) is 6.73. The van der Waals surface area contributed by atoms with E-state index in [9.17, 15) is 0 Å². The Hall–Kier alpha value is -2.48. The first-order chi connectivity index (χ1) is 13.2. The Morgan fingerprint density at radius 3 is 2.04 bits per heavy atom. The van der Waals surface area contributed by atoms with Crippen molar-refractivity contribution < 1.29 is 0 Å². The van der Waals surface area contributed by atoms with E-state index in [0.29, 0.717) is 17.8 Å². The van der Waals surface area contributed by atoms with Gasteiger partial charge in [0.2, 0.25) is 0 Å². The standard InChI is InChI=1S/C25H30N2/c1-20(22-9-4-3-5-10-22)13-15-23(24-11-8-17-26-19-24)16-14-21(2)25-12-6-7-18-27-25/h3-12,17-21,23H,13-16H2,1-2H3. The minimum Gasteiger partial charge on any atom is -0.264 e. The van der Waals surface area contributed by atoms with E-state index < -0.39 is 0 Å². The Labute approximate surface area is 163 Å². The number of benzene rings is 1. The zero-order valence-corrected chi connectivity index (χ0v) is 16.5. The monoisotopic (exact) mass is 358 g/mol. The predicted molar refractivity (Wildman–Crippen MR) is 113 cm³/mol. The maximum Gasteiger partial charge on any atom is 0.0431 e. The van der Waals surface area contributed by atoms with Crippen molar-refractivity contribution in [1.29, 1.82) is 0 Å². The molecule has 0 aliphatic rings. The maximum absolute atomic E-state index is 4.53. The van der Waals surface area contributed by atoms with E-state index in [1.54, 1.807) is 0 Å². The molecule has 140 valence electrons. The van der Waals surface area contributed by atoms with Crippen LogP contribution < -0.4 is 0 Å². The van der Waals surface area contributed by atoms with Gasteiger partial charge in [0.1, 0.15) is 0 Å². The SMILES string of the molecule is CC(CCC(CCC(C)c1ccccn1)c1cccnc1)c1ccccc1. The highest BCUT2D eigenvalue weighted by Gasteiger charge is 2.17. The lowest BCUT2D eigenvalue weighted by Crippen LogP contribution is -2.05. The number of nitrogens with zero attached hydrogens (tertiary/aromatic N) is 2. The van der Waals surface area contributed by atoms with Crippen LogP contribution in [0.15, 0.2) is 79.3 Å². The van der Waals surface area contributed by atoms with Crippen LogP contribution in [0, 0.1) is 0 Å². The highest BCUT2D eigenvalue weighted by atomic mass is 14.7. The molecule has 0 N–H and O–H groups in total. The van der Waals surface area contributed by atoms with Gasteiger partial charge in [0.25, 0.3) is 0 Å². The van der Waals surface area contributed by atoms with Crippen LogP contribution in [0.3, 0.4) is 0 Å². The number of hydrogen-bond donors (Lipinski definition) is 0. The number of rotatable bonds is 9. The van der Waals surface area contributed by atoms with Crippen LogP contribution in [-0.4, -0.2) is 9.97 Å². The molecule has 2 heteroatoms. The van der Waals surface area contributed by atoms with E-state index in [-0.39, 0.29) is 0 Å². The summed E-state index contributed by atoms with van der Waals surface area (Å²) in [5.74, 6) is 1.62. The minimum atomic E-state index is 0.483. The fraction of sp³-hybridized carbons (Fsp3) is 0.360. The average Bonchev–Trinajstić information content (AvgIpc) is 2.75. The minimum absolute atomic E-state index is 0.483. The molecule has 0 radical (unpaired) electrons.